The molecule has 0 unspecified atom stereocenters. The third-order valence-corrected chi connectivity index (χ3v) is 2.52. The van der Waals surface area contributed by atoms with Crippen molar-refractivity contribution < 1.29 is 19.4 Å². The topological polar surface area (TPSA) is 63.6 Å². The van der Waals surface area contributed by atoms with Gasteiger partial charge in [-0.2, -0.15) is 0 Å². The first-order valence-electron chi connectivity index (χ1n) is 4.79. The number of ether oxygens (including phenoxy) is 1. The van der Waals surface area contributed by atoms with Gasteiger partial charge in [0.25, 0.3) is 0 Å². The molecular weight excluding hydrogens is 196 g/mol. The zero-order valence-corrected chi connectivity index (χ0v) is 8.61. The van der Waals surface area contributed by atoms with Crippen LogP contribution in [-0.2, 0) is 14.3 Å². The van der Waals surface area contributed by atoms with Gasteiger partial charge in [-0.25, -0.2) is 0 Å². The van der Waals surface area contributed by atoms with E-state index in [1.165, 1.54) is 12.2 Å². The molecule has 0 fully saturated rings. The van der Waals surface area contributed by atoms with Gasteiger partial charge < -0.3 is 9.84 Å². The zero-order chi connectivity index (χ0) is 11.2. The summed E-state index contributed by atoms with van der Waals surface area (Å²) in [6.45, 7) is 3.55. The minimum Gasteiger partial charge on any atom is -0.483 e. The van der Waals surface area contributed by atoms with Crippen LogP contribution in [0.25, 0.3) is 0 Å². The molecule has 0 saturated heterocycles. The molecule has 1 N–H and O–H groups in total. The monoisotopic (exact) mass is 208 g/mol. The molecule has 0 bridgehead atoms. The lowest BCUT2D eigenvalue weighted by Gasteiger charge is -2.36. The average molecular weight is 208 g/mol. The van der Waals surface area contributed by atoms with Crippen LogP contribution in [0.4, 0.5) is 0 Å². The minimum atomic E-state index is -0.912. The summed E-state index contributed by atoms with van der Waals surface area (Å²) in [5.74, 6) is -0.685. The maximum atomic E-state index is 11.5. The summed E-state index contributed by atoms with van der Waals surface area (Å²) in [4.78, 5) is 22.9. The van der Waals surface area contributed by atoms with Gasteiger partial charge in [0.1, 0.15) is 5.60 Å². The Hall–Kier alpha value is -1.42. The lowest BCUT2D eigenvalue weighted by molar-refractivity contribution is -0.125. The number of carbonyl (C=O) groups excluding carboxylic acids is 2. The number of ketones is 2. The highest BCUT2D eigenvalue weighted by molar-refractivity contribution is 6.19. The van der Waals surface area contributed by atoms with Crippen LogP contribution >= 0.6 is 0 Å². The standard InChI is InChI=1S/C11H12O4/c1-11(2)5-8(14)9-6(12)3-4-7(13)10(9)15-11/h3-4,8,14H,5H2,1-2H3/t8-/m0/s1. The smallest absolute Gasteiger partial charge is 0.221 e. The average Bonchev–Trinajstić information content (AvgIpc) is 2.09. The summed E-state index contributed by atoms with van der Waals surface area (Å²) >= 11 is 0. The van der Waals surface area contributed by atoms with Crippen molar-refractivity contribution in [3.63, 3.8) is 0 Å². The third kappa shape index (κ3) is 1.61. The minimum absolute atomic E-state index is 0.00579. The fraction of sp³-hybridized carbons (Fsp3) is 0.455. The summed E-state index contributed by atoms with van der Waals surface area (Å²) in [5.41, 5.74) is -0.513. The summed E-state index contributed by atoms with van der Waals surface area (Å²) in [6.07, 6.45) is 1.75. The molecule has 80 valence electrons. The molecule has 1 aliphatic heterocycles. The van der Waals surface area contributed by atoms with E-state index in [1.807, 2.05) is 0 Å². The predicted molar refractivity (Wildman–Crippen MR) is 52.0 cm³/mol. The fourth-order valence-corrected chi connectivity index (χ4v) is 1.87. The molecule has 0 aromatic carbocycles. The molecule has 15 heavy (non-hydrogen) atoms. The molecule has 0 amide bonds. The second-order valence-corrected chi connectivity index (χ2v) is 4.39. The van der Waals surface area contributed by atoms with Crippen LogP contribution in [0.3, 0.4) is 0 Å². The second kappa shape index (κ2) is 3.03. The number of allylic oxidation sites excluding steroid dienone is 2. The quantitative estimate of drug-likeness (QED) is 0.589. The Morgan fingerprint density at radius 3 is 2.60 bits per heavy atom. The van der Waals surface area contributed by atoms with Gasteiger partial charge in [-0.3, -0.25) is 9.59 Å². The van der Waals surface area contributed by atoms with Crippen LogP contribution in [0.2, 0.25) is 0 Å². The lowest BCUT2D eigenvalue weighted by atomic mass is 9.86. The Bertz CT molecular complexity index is 401. The van der Waals surface area contributed by atoms with Crippen molar-refractivity contribution in [3.05, 3.63) is 23.5 Å². The molecule has 0 spiro atoms. The molecule has 0 aromatic rings. The maximum absolute atomic E-state index is 11.5. The summed E-state index contributed by atoms with van der Waals surface area (Å²) < 4.78 is 5.43. The Kier molecular flexibility index (Phi) is 2.04. The van der Waals surface area contributed by atoms with Gasteiger partial charge in [-0.05, 0) is 26.0 Å². The number of aliphatic hydroxyl groups is 1. The number of hydrogen-bond acceptors (Lipinski definition) is 4. The number of rotatable bonds is 0. The normalized spacial score (nSPS) is 28.9. The highest BCUT2D eigenvalue weighted by Gasteiger charge is 2.40. The molecule has 0 aromatic heterocycles. The molecule has 0 saturated carbocycles. The van der Waals surface area contributed by atoms with E-state index in [2.05, 4.69) is 0 Å². The van der Waals surface area contributed by atoms with Gasteiger partial charge in [0.05, 0.1) is 11.7 Å². The highest BCUT2D eigenvalue weighted by Crippen LogP contribution is 2.34. The molecule has 4 nitrogen and oxygen atoms in total. The van der Waals surface area contributed by atoms with E-state index in [4.69, 9.17) is 4.74 Å². The second-order valence-electron chi connectivity index (χ2n) is 4.39. The molecular formula is C11H12O4. The molecule has 4 heteroatoms. The largest absolute Gasteiger partial charge is 0.483 e. The van der Waals surface area contributed by atoms with Crippen molar-refractivity contribution in [2.45, 2.75) is 32.0 Å². The first-order valence-corrected chi connectivity index (χ1v) is 4.79. The van der Waals surface area contributed by atoms with Crippen molar-refractivity contribution in [1.82, 2.24) is 0 Å². The lowest BCUT2D eigenvalue weighted by Crippen LogP contribution is -2.41. The summed E-state index contributed by atoms with van der Waals surface area (Å²) in [5, 5.41) is 9.78. The van der Waals surface area contributed by atoms with Gasteiger partial charge >= 0.3 is 0 Å². The van der Waals surface area contributed by atoms with Crippen LogP contribution < -0.4 is 0 Å². The SMILES string of the molecule is CC1(C)C[C@H](O)C2=C(O1)C(=O)C=CC2=O. The van der Waals surface area contributed by atoms with Gasteiger partial charge in [-0.15, -0.1) is 0 Å². The summed E-state index contributed by atoms with van der Waals surface area (Å²) in [6, 6.07) is 0. The predicted octanol–water partition coefficient (Wildman–Crippen LogP) is 0.508. The maximum Gasteiger partial charge on any atom is 0.221 e. The Morgan fingerprint density at radius 1 is 1.33 bits per heavy atom. The fourth-order valence-electron chi connectivity index (χ4n) is 1.87. The van der Waals surface area contributed by atoms with E-state index >= 15 is 0 Å². The molecule has 1 atom stereocenters. The number of hydrogen-bond donors (Lipinski definition) is 1. The van der Waals surface area contributed by atoms with Crippen LogP contribution in [-0.4, -0.2) is 28.4 Å². The van der Waals surface area contributed by atoms with Crippen LogP contribution in [0.1, 0.15) is 20.3 Å². The van der Waals surface area contributed by atoms with E-state index < -0.39 is 11.7 Å². The van der Waals surface area contributed by atoms with E-state index in [0.717, 1.165) is 0 Å². The Labute approximate surface area is 87.2 Å². The first kappa shape index (κ1) is 10.1. The van der Waals surface area contributed by atoms with Gasteiger partial charge in [0.15, 0.2) is 11.5 Å². The molecule has 2 aliphatic rings. The third-order valence-electron chi connectivity index (χ3n) is 2.52. The van der Waals surface area contributed by atoms with Crippen molar-refractivity contribution in [2.75, 3.05) is 0 Å². The van der Waals surface area contributed by atoms with Crippen molar-refractivity contribution in [3.8, 4) is 0 Å². The Morgan fingerprint density at radius 2 is 1.93 bits per heavy atom. The molecule has 2 rings (SSSR count). The van der Waals surface area contributed by atoms with E-state index in [0.29, 0.717) is 6.42 Å². The molecule has 1 heterocycles. The van der Waals surface area contributed by atoms with Crippen LogP contribution in [0.5, 0.6) is 0 Å². The number of aliphatic hydroxyl groups excluding tert-OH is 1. The molecule has 1 aliphatic carbocycles. The van der Waals surface area contributed by atoms with Gasteiger partial charge in [0.2, 0.25) is 5.78 Å². The van der Waals surface area contributed by atoms with Crippen molar-refractivity contribution in [2.24, 2.45) is 0 Å². The van der Waals surface area contributed by atoms with Crippen LogP contribution in [0.15, 0.2) is 23.5 Å². The van der Waals surface area contributed by atoms with E-state index in [1.54, 1.807) is 13.8 Å². The molecule has 0 radical (unpaired) electrons. The van der Waals surface area contributed by atoms with Crippen molar-refractivity contribution >= 4 is 11.6 Å². The zero-order valence-electron chi connectivity index (χ0n) is 8.61. The van der Waals surface area contributed by atoms with E-state index in [-0.39, 0.29) is 22.9 Å². The van der Waals surface area contributed by atoms with Gasteiger partial charge in [0, 0.05) is 6.42 Å². The Balaban J connectivity index is 2.48. The van der Waals surface area contributed by atoms with Gasteiger partial charge in [-0.1, -0.05) is 0 Å². The van der Waals surface area contributed by atoms with E-state index in [9.17, 15) is 14.7 Å². The number of carbonyl (C=O) groups is 2. The van der Waals surface area contributed by atoms with Crippen LogP contribution in [0, 0.1) is 0 Å². The van der Waals surface area contributed by atoms with Crippen molar-refractivity contribution in [1.29, 1.82) is 0 Å². The highest BCUT2D eigenvalue weighted by atomic mass is 16.5. The summed E-state index contributed by atoms with van der Waals surface area (Å²) in [7, 11) is 0. The first-order chi connectivity index (χ1) is 6.91.